The Bertz CT molecular complexity index is 646. The van der Waals surface area contributed by atoms with Gasteiger partial charge in [0, 0.05) is 18.6 Å². The summed E-state index contributed by atoms with van der Waals surface area (Å²) in [6.07, 6.45) is 0. The first-order valence-corrected chi connectivity index (χ1v) is 7.46. The molecular formula is C17H19ClN2O2. The quantitative estimate of drug-likeness (QED) is 0.887. The van der Waals surface area contributed by atoms with Crippen LogP contribution in [0, 0.1) is 0 Å². The maximum Gasteiger partial charge on any atom is 0.321 e. The van der Waals surface area contributed by atoms with Gasteiger partial charge in [0.05, 0.1) is 12.3 Å². The van der Waals surface area contributed by atoms with Gasteiger partial charge >= 0.3 is 6.03 Å². The lowest BCUT2D eigenvalue weighted by molar-refractivity contribution is 0.220. The molecule has 0 saturated carbocycles. The molecule has 0 radical (unpaired) electrons. The van der Waals surface area contributed by atoms with Crippen molar-refractivity contribution in [2.75, 3.05) is 19.0 Å². The average molecular weight is 319 g/mol. The Hall–Kier alpha value is -2.20. The number of carbonyl (C=O) groups is 1. The third-order valence-corrected chi connectivity index (χ3v) is 3.32. The number of ether oxygens (including phenoxy) is 1. The standard InChI is InChI=1S/C17H19ClN2O2/c1-3-22-16-10-5-4-9-15(16)19-17(21)20(2)12-13-7-6-8-14(18)11-13/h4-11H,3,12H2,1-2H3,(H,19,21). The number of para-hydroxylation sites is 2. The molecule has 0 aliphatic heterocycles. The molecule has 4 nitrogen and oxygen atoms in total. The summed E-state index contributed by atoms with van der Waals surface area (Å²) in [7, 11) is 1.74. The molecule has 1 N–H and O–H groups in total. The smallest absolute Gasteiger partial charge is 0.321 e. The highest BCUT2D eigenvalue weighted by Crippen LogP contribution is 2.24. The van der Waals surface area contributed by atoms with Crippen molar-refractivity contribution in [3.8, 4) is 5.75 Å². The summed E-state index contributed by atoms with van der Waals surface area (Å²) < 4.78 is 5.50. The number of nitrogens with one attached hydrogen (secondary N) is 1. The van der Waals surface area contributed by atoms with Crippen LogP contribution in [0.5, 0.6) is 5.75 Å². The van der Waals surface area contributed by atoms with Gasteiger partial charge in [-0.2, -0.15) is 0 Å². The topological polar surface area (TPSA) is 41.6 Å². The third-order valence-electron chi connectivity index (χ3n) is 3.08. The first kappa shape index (κ1) is 16.2. The van der Waals surface area contributed by atoms with Crippen LogP contribution in [0.25, 0.3) is 0 Å². The highest BCUT2D eigenvalue weighted by Gasteiger charge is 2.12. The Morgan fingerprint density at radius 3 is 2.73 bits per heavy atom. The SMILES string of the molecule is CCOc1ccccc1NC(=O)N(C)Cc1cccc(Cl)c1. The van der Waals surface area contributed by atoms with E-state index in [2.05, 4.69) is 5.32 Å². The monoisotopic (exact) mass is 318 g/mol. The summed E-state index contributed by atoms with van der Waals surface area (Å²) in [6, 6.07) is 14.6. The summed E-state index contributed by atoms with van der Waals surface area (Å²) in [4.78, 5) is 13.9. The van der Waals surface area contributed by atoms with Gasteiger partial charge in [-0.25, -0.2) is 4.79 Å². The predicted octanol–water partition coefficient (Wildman–Crippen LogP) is 4.40. The zero-order chi connectivity index (χ0) is 15.9. The maximum atomic E-state index is 12.3. The second kappa shape index (κ2) is 7.71. The number of benzene rings is 2. The summed E-state index contributed by atoms with van der Waals surface area (Å²) in [5.74, 6) is 0.662. The van der Waals surface area contributed by atoms with Gasteiger partial charge in [-0.15, -0.1) is 0 Å². The van der Waals surface area contributed by atoms with Crippen molar-refractivity contribution >= 4 is 23.3 Å². The lowest BCUT2D eigenvalue weighted by Crippen LogP contribution is -2.31. The zero-order valence-corrected chi connectivity index (χ0v) is 13.4. The van der Waals surface area contributed by atoms with Gasteiger partial charge < -0.3 is 15.0 Å². The van der Waals surface area contributed by atoms with Gasteiger partial charge in [-0.05, 0) is 36.8 Å². The van der Waals surface area contributed by atoms with Crippen molar-refractivity contribution in [3.05, 3.63) is 59.1 Å². The molecule has 22 heavy (non-hydrogen) atoms. The van der Waals surface area contributed by atoms with E-state index in [9.17, 15) is 4.79 Å². The van der Waals surface area contributed by atoms with Gasteiger partial charge in [0.1, 0.15) is 5.75 Å². The lowest BCUT2D eigenvalue weighted by Gasteiger charge is -2.19. The van der Waals surface area contributed by atoms with Crippen LogP contribution in [0.1, 0.15) is 12.5 Å². The summed E-state index contributed by atoms with van der Waals surface area (Å²) in [6.45, 7) is 2.93. The van der Waals surface area contributed by atoms with E-state index in [0.717, 1.165) is 5.56 Å². The van der Waals surface area contributed by atoms with Crippen molar-refractivity contribution in [2.24, 2.45) is 0 Å². The number of amides is 2. The van der Waals surface area contributed by atoms with Crippen LogP contribution in [0.2, 0.25) is 5.02 Å². The first-order chi connectivity index (χ1) is 10.6. The number of hydrogen-bond acceptors (Lipinski definition) is 2. The van der Waals surface area contributed by atoms with E-state index in [0.29, 0.717) is 29.6 Å². The third kappa shape index (κ3) is 4.40. The second-order valence-corrected chi connectivity index (χ2v) is 5.28. The summed E-state index contributed by atoms with van der Waals surface area (Å²) in [5, 5.41) is 3.52. The number of nitrogens with zero attached hydrogens (tertiary/aromatic N) is 1. The number of rotatable bonds is 5. The second-order valence-electron chi connectivity index (χ2n) is 4.85. The van der Waals surface area contributed by atoms with Crippen LogP contribution in [-0.4, -0.2) is 24.6 Å². The number of urea groups is 1. The zero-order valence-electron chi connectivity index (χ0n) is 12.7. The van der Waals surface area contributed by atoms with Gasteiger partial charge in [0.15, 0.2) is 0 Å². The van der Waals surface area contributed by atoms with Gasteiger partial charge in [-0.3, -0.25) is 0 Å². The van der Waals surface area contributed by atoms with Crippen LogP contribution in [0.4, 0.5) is 10.5 Å². The molecular weight excluding hydrogens is 300 g/mol. The molecule has 0 aliphatic rings. The number of hydrogen-bond donors (Lipinski definition) is 1. The van der Waals surface area contributed by atoms with Gasteiger partial charge in [0.2, 0.25) is 0 Å². The fourth-order valence-corrected chi connectivity index (χ4v) is 2.26. The minimum Gasteiger partial charge on any atom is -0.492 e. The molecule has 0 spiro atoms. The molecule has 5 heteroatoms. The highest BCUT2D eigenvalue weighted by molar-refractivity contribution is 6.30. The average Bonchev–Trinajstić information content (AvgIpc) is 2.49. The fourth-order valence-electron chi connectivity index (χ4n) is 2.04. The van der Waals surface area contributed by atoms with E-state index >= 15 is 0 Å². The Morgan fingerprint density at radius 1 is 1.23 bits per heavy atom. The number of carbonyl (C=O) groups excluding carboxylic acids is 1. The lowest BCUT2D eigenvalue weighted by atomic mass is 10.2. The van der Waals surface area contributed by atoms with E-state index in [4.69, 9.17) is 16.3 Å². The van der Waals surface area contributed by atoms with Gasteiger partial charge in [0.25, 0.3) is 0 Å². The molecule has 0 fully saturated rings. The molecule has 2 amide bonds. The maximum absolute atomic E-state index is 12.3. The molecule has 0 unspecified atom stereocenters. The summed E-state index contributed by atoms with van der Waals surface area (Å²) in [5.41, 5.74) is 1.63. The molecule has 0 heterocycles. The van der Waals surface area contributed by atoms with Crippen LogP contribution in [-0.2, 0) is 6.54 Å². The minimum absolute atomic E-state index is 0.202. The van der Waals surface area contributed by atoms with Crippen molar-refractivity contribution in [2.45, 2.75) is 13.5 Å². The predicted molar refractivity (Wildman–Crippen MR) is 89.5 cm³/mol. The Morgan fingerprint density at radius 2 is 2.00 bits per heavy atom. The molecule has 0 aliphatic carbocycles. The van der Waals surface area contributed by atoms with E-state index in [1.807, 2.05) is 55.5 Å². The van der Waals surface area contributed by atoms with Crippen LogP contribution in [0.15, 0.2) is 48.5 Å². The molecule has 0 bridgehead atoms. The molecule has 0 aromatic heterocycles. The van der Waals surface area contributed by atoms with E-state index < -0.39 is 0 Å². The largest absolute Gasteiger partial charge is 0.492 e. The van der Waals surface area contributed by atoms with Gasteiger partial charge in [-0.1, -0.05) is 35.9 Å². The van der Waals surface area contributed by atoms with E-state index in [1.54, 1.807) is 11.9 Å². The number of halogens is 1. The molecule has 2 rings (SSSR count). The highest BCUT2D eigenvalue weighted by atomic mass is 35.5. The van der Waals surface area contributed by atoms with Crippen LogP contribution in [0.3, 0.4) is 0 Å². The van der Waals surface area contributed by atoms with Crippen LogP contribution >= 0.6 is 11.6 Å². The number of anilines is 1. The minimum atomic E-state index is -0.202. The fraction of sp³-hybridized carbons (Fsp3) is 0.235. The van der Waals surface area contributed by atoms with E-state index in [-0.39, 0.29) is 6.03 Å². The molecule has 116 valence electrons. The first-order valence-electron chi connectivity index (χ1n) is 7.08. The van der Waals surface area contributed by atoms with Crippen molar-refractivity contribution in [3.63, 3.8) is 0 Å². The molecule has 2 aromatic carbocycles. The van der Waals surface area contributed by atoms with Crippen molar-refractivity contribution in [1.29, 1.82) is 0 Å². The molecule has 0 atom stereocenters. The Kier molecular flexibility index (Phi) is 5.67. The Labute approximate surface area is 135 Å². The van der Waals surface area contributed by atoms with Crippen molar-refractivity contribution in [1.82, 2.24) is 4.90 Å². The molecule has 0 saturated heterocycles. The van der Waals surface area contributed by atoms with Crippen LogP contribution < -0.4 is 10.1 Å². The van der Waals surface area contributed by atoms with E-state index in [1.165, 1.54) is 0 Å². The summed E-state index contributed by atoms with van der Waals surface area (Å²) >= 11 is 5.96. The Balaban J connectivity index is 2.02. The molecule has 2 aromatic rings. The normalized spacial score (nSPS) is 10.1. The van der Waals surface area contributed by atoms with Crippen molar-refractivity contribution < 1.29 is 9.53 Å².